The molecule has 1 N–H and O–H groups in total. The SMILES string of the molecule is CCSC(=O)NCC(C)(C)Cc1ccccc1. The molecule has 0 atom stereocenters. The zero-order chi connectivity index (χ0) is 12.7. The van der Waals surface area contributed by atoms with Crippen LogP contribution >= 0.6 is 11.8 Å². The summed E-state index contributed by atoms with van der Waals surface area (Å²) in [5.41, 5.74) is 1.40. The number of hydrogen-bond donors (Lipinski definition) is 1. The molecular formula is C14H21NOS. The van der Waals surface area contributed by atoms with E-state index in [0.29, 0.717) is 6.54 Å². The van der Waals surface area contributed by atoms with Crippen molar-refractivity contribution < 1.29 is 4.79 Å². The first-order valence-corrected chi connectivity index (χ1v) is 6.96. The Morgan fingerprint density at radius 3 is 2.53 bits per heavy atom. The van der Waals surface area contributed by atoms with E-state index >= 15 is 0 Å². The molecule has 3 heteroatoms. The maximum Gasteiger partial charge on any atom is 0.279 e. The van der Waals surface area contributed by atoms with E-state index in [0.717, 1.165) is 12.2 Å². The maximum atomic E-state index is 11.4. The molecule has 0 unspecified atom stereocenters. The lowest BCUT2D eigenvalue weighted by Gasteiger charge is -2.25. The minimum Gasteiger partial charge on any atom is -0.346 e. The first kappa shape index (κ1) is 14.1. The Bertz CT molecular complexity index is 348. The lowest BCUT2D eigenvalue weighted by Crippen LogP contribution is -2.33. The summed E-state index contributed by atoms with van der Waals surface area (Å²) >= 11 is 1.33. The molecule has 0 saturated heterocycles. The van der Waals surface area contributed by atoms with Crippen LogP contribution in [0.25, 0.3) is 0 Å². The van der Waals surface area contributed by atoms with Crippen molar-refractivity contribution >= 4 is 17.0 Å². The molecule has 0 bridgehead atoms. The van der Waals surface area contributed by atoms with Crippen LogP contribution in [0, 0.1) is 5.41 Å². The van der Waals surface area contributed by atoms with Gasteiger partial charge in [0.2, 0.25) is 0 Å². The molecular weight excluding hydrogens is 230 g/mol. The molecule has 2 nitrogen and oxygen atoms in total. The van der Waals surface area contributed by atoms with Crippen LogP contribution in [0.2, 0.25) is 0 Å². The van der Waals surface area contributed by atoms with Gasteiger partial charge in [-0.05, 0) is 23.2 Å². The van der Waals surface area contributed by atoms with Gasteiger partial charge in [-0.2, -0.15) is 0 Å². The summed E-state index contributed by atoms with van der Waals surface area (Å²) in [7, 11) is 0. The number of benzene rings is 1. The smallest absolute Gasteiger partial charge is 0.279 e. The molecule has 0 aliphatic carbocycles. The fraction of sp³-hybridized carbons (Fsp3) is 0.500. The molecule has 0 aromatic heterocycles. The molecule has 0 saturated carbocycles. The topological polar surface area (TPSA) is 29.1 Å². The highest BCUT2D eigenvalue weighted by molar-refractivity contribution is 8.13. The average Bonchev–Trinajstić information content (AvgIpc) is 2.28. The molecule has 1 amide bonds. The van der Waals surface area contributed by atoms with E-state index in [4.69, 9.17) is 0 Å². The monoisotopic (exact) mass is 251 g/mol. The van der Waals surface area contributed by atoms with Crippen LogP contribution in [0.15, 0.2) is 30.3 Å². The van der Waals surface area contributed by atoms with Gasteiger partial charge in [0.1, 0.15) is 0 Å². The Morgan fingerprint density at radius 1 is 1.29 bits per heavy atom. The van der Waals surface area contributed by atoms with Gasteiger partial charge in [-0.3, -0.25) is 4.79 Å². The van der Waals surface area contributed by atoms with Crippen LogP contribution in [-0.2, 0) is 6.42 Å². The van der Waals surface area contributed by atoms with Crippen LogP contribution < -0.4 is 5.32 Å². The van der Waals surface area contributed by atoms with Gasteiger partial charge in [-0.15, -0.1) is 0 Å². The molecule has 0 fully saturated rings. The summed E-state index contributed by atoms with van der Waals surface area (Å²) in [5, 5.41) is 3.05. The standard InChI is InChI=1S/C14H21NOS/c1-4-17-13(16)15-11-14(2,3)10-12-8-6-5-7-9-12/h5-9H,4,10-11H2,1-3H3,(H,15,16). The summed E-state index contributed by atoms with van der Waals surface area (Å²) in [5.74, 6) is 0.824. The summed E-state index contributed by atoms with van der Waals surface area (Å²) in [6.45, 7) is 7.06. The summed E-state index contributed by atoms with van der Waals surface area (Å²) < 4.78 is 0. The van der Waals surface area contributed by atoms with Gasteiger partial charge in [-0.1, -0.05) is 62.9 Å². The zero-order valence-corrected chi connectivity index (χ0v) is 11.6. The van der Waals surface area contributed by atoms with Crippen molar-refractivity contribution in [3.8, 4) is 0 Å². The second-order valence-electron chi connectivity index (χ2n) is 4.90. The second-order valence-corrected chi connectivity index (χ2v) is 6.14. The Morgan fingerprint density at radius 2 is 1.94 bits per heavy atom. The van der Waals surface area contributed by atoms with Crippen LogP contribution in [0.5, 0.6) is 0 Å². The third-order valence-electron chi connectivity index (χ3n) is 2.51. The molecule has 94 valence electrons. The van der Waals surface area contributed by atoms with Crippen molar-refractivity contribution in [2.75, 3.05) is 12.3 Å². The number of carbonyl (C=O) groups is 1. The van der Waals surface area contributed by atoms with Gasteiger partial charge in [0.05, 0.1) is 0 Å². The van der Waals surface area contributed by atoms with Crippen LogP contribution in [0.4, 0.5) is 4.79 Å². The predicted molar refractivity (Wildman–Crippen MR) is 75.5 cm³/mol. The fourth-order valence-corrected chi connectivity index (χ4v) is 2.14. The number of rotatable bonds is 5. The number of amides is 1. The highest BCUT2D eigenvalue weighted by atomic mass is 32.2. The Kier molecular flexibility index (Phi) is 5.56. The predicted octanol–water partition coefficient (Wildman–Crippen LogP) is 3.72. The van der Waals surface area contributed by atoms with Crippen LogP contribution in [0.3, 0.4) is 0 Å². The second kappa shape index (κ2) is 6.70. The molecule has 1 aromatic carbocycles. The summed E-state index contributed by atoms with van der Waals surface area (Å²) in [6, 6.07) is 10.4. The van der Waals surface area contributed by atoms with Gasteiger partial charge in [0.15, 0.2) is 0 Å². The Hall–Kier alpha value is -0.960. The summed E-state index contributed by atoms with van der Waals surface area (Å²) in [4.78, 5) is 11.4. The highest BCUT2D eigenvalue weighted by Crippen LogP contribution is 2.21. The molecule has 0 aliphatic rings. The van der Waals surface area contributed by atoms with Crippen molar-refractivity contribution in [3.63, 3.8) is 0 Å². The quantitative estimate of drug-likeness (QED) is 0.864. The lowest BCUT2D eigenvalue weighted by atomic mass is 9.86. The van der Waals surface area contributed by atoms with E-state index < -0.39 is 0 Å². The van der Waals surface area contributed by atoms with E-state index in [9.17, 15) is 4.79 Å². The lowest BCUT2D eigenvalue weighted by molar-refractivity contribution is 0.253. The van der Waals surface area contributed by atoms with Crippen LogP contribution in [0.1, 0.15) is 26.3 Å². The molecule has 0 spiro atoms. The van der Waals surface area contributed by atoms with Gasteiger partial charge in [0, 0.05) is 6.54 Å². The van der Waals surface area contributed by atoms with E-state index in [1.807, 2.05) is 13.0 Å². The van der Waals surface area contributed by atoms with Crippen molar-refractivity contribution in [2.45, 2.75) is 27.2 Å². The first-order chi connectivity index (χ1) is 8.03. The first-order valence-electron chi connectivity index (χ1n) is 5.98. The molecule has 0 aliphatic heterocycles. The van der Waals surface area contributed by atoms with Gasteiger partial charge in [0.25, 0.3) is 5.24 Å². The highest BCUT2D eigenvalue weighted by Gasteiger charge is 2.19. The van der Waals surface area contributed by atoms with Crippen molar-refractivity contribution in [2.24, 2.45) is 5.41 Å². The Labute approximate surface area is 108 Å². The zero-order valence-electron chi connectivity index (χ0n) is 10.8. The molecule has 0 radical (unpaired) electrons. The van der Waals surface area contributed by atoms with Gasteiger partial charge in [-0.25, -0.2) is 0 Å². The van der Waals surface area contributed by atoms with Crippen LogP contribution in [-0.4, -0.2) is 17.5 Å². The van der Waals surface area contributed by atoms with E-state index in [-0.39, 0.29) is 10.7 Å². The van der Waals surface area contributed by atoms with E-state index in [2.05, 4.69) is 43.4 Å². The fourth-order valence-electron chi connectivity index (χ4n) is 1.70. The molecule has 17 heavy (non-hydrogen) atoms. The average molecular weight is 251 g/mol. The number of hydrogen-bond acceptors (Lipinski definition) is 2. The normalized spacial score (nSPS) is 11.2. The molecule has 1 rings (SSSR count). The third-order valence-corrected chi connectivity index (χ3v) is 3.21. The number of thioether (sulfide) groups is 1. The van der Waals surface area contributed by atoms with Crippen molar-refractivity contribution in [1.29, 1.82) is 0 Å². The maximum absolute atomic E-state index is 11.4. The van der Waals surface area contributed by atoms with Crippen molar-refractivity contribution in [3.05, 3.63) is 35.9 Å². The van der Waals surface area contributed by atoms with E-state index in [1.54, 1.807) is 0 Å². The molecule has 1 aromatic rings. The summed E-state index contributed by atoms with van der Waals surface area (Å²) in [6.07, 6.45) is 0.977. The van der Waals surface area contributed by atoms with E-state index in [1.165, 1.54) is 17.3 Å². The molecule has 0 heterocycles. The third kappa shape index (κ3) is 5.78. The largest absolute Gasteiger partial charge is 0.346 e. The number of carbonyl (C=O) groups excluding carboxylic acids is 1. The number of nitrogens with one attached hydrogen (secondary N) is 1. The van der Waals surface area contributed by atoms with Gasteiger partial charge >= 0.3 is 0 Å². The minimum absolute atomic E-state index is 0.0774. The minimum atomic E-state index is 0.0774. The Balaban J connectivity index is 2.43. The van der Waals surface area contributed by atoms with Gasteiger partial charge < -0.3 is 5.32 Å². The van der Waals surface area contributed by atoms with Crippen molar-refractivity contribution in [1.82, 2.24) is 5.32 Å².